The summed E-state index contributed by atoms with van der Waals surface area (Å²) in [6.45, 7) is 6.64. The van der Waals surface area contributed by atoms with Gasteiger partial charge >= 0.3 is 0 Å². The first-order valence-electron chi connectivity index (χ1n) is 6.89. The molecule has 1 aromatic rings. The van der Waals surface area contributed by atoms with Crippen LogP contribution in [0.1, 0.15) is 29.9 Å². The van der Waals surface area contributed by atoms with Gasteiger partial charge in [-0.1, -0.05) is 19.9 Å². The Morgan fingerprint density at radius 3 is 2.65 bits per heavy atom. The van der Waals surface area contributed by atoms with Gasteiger partial charge in [-0.25, -0.2) is 0 Å². The van der Waals surface area contributed by atoms with Gasteiger partial charge in [-0.3, -0.25) is 9.79 Å². The van der Waals surface area contributed by atoms with E-state index in [4.69, 9.17) is 0 Å². The molecule has 1 aromatic heterocycles. The molecule has 0 radical (unpaired) electrons. The van der Waals surface area contributed by atoms with E-state index in [1.807, 2.05) is 17.5 Å². The van der Waals surface area contributed by atoms with Gasteiger partial charge in [0.15, 0.2) is 5.96 Å². The van der Waals surface area contributed by atoms with E-state index in [0.29, 0.717) is 12.5 Å². The predicted molar refractivity (Wildman–Crippen MR) is 85.5 cm³/mol. The molecule has 112 valence electrons. The van der Waals surface area contributed by atoms with Gasteiger partial charge in [0.1, 0.15) is 0 Å². The normalized spacial score (nSPS) is 11.5. The van der Waals surface area contributed by atoms with Gasteiger partial charge < -0.3 is 16.0 Å². The quantitative estimate of drug-likeness (QED) is 0.407. The number of hydrogen-bond donors (Lipinski definition) is 3. The van der Waals surface area contributed by atoms with Crippen LogP contribution < -0.4 is 16.0 Å². The minimum Gasteiger partial charge on any atom is -0.356 e. The average Bonchev–Trinajstić information content (AvgIpc) is 2.95. The Bertz CT molecular complexity index is 415. The maximum Gasteiger partial charge on any atom is 0.261 e. The minimum atomic E-state index is 0.00214. The van der Waals surface area contributed by atoms with Crippen LogP contribution >= 0.6 is 11.3 Å². The first kappa shape index (κ1) is 16.5. The third-order valence-corrected chi connectivity index (χ3v) is 3.45. The van der Waals surface area contributed by atoms with Crippen molar-refractivity contribution in [2.24, 2.45) is 10.9 Å². The number of amides is 1. The molecule has 1 heterocycles. The van der Waals surface area contributed by atoms with Crippen molar-refractivity contribution >= 4 is 23.2 Å². The molecule has 1 amide bonds. The molecule has 0 saturated carbocycles. The van der Waals surface area contributed by atoms with Crippen molar-refractivity contribution in [2.45, 2.75) is 20.3 Å². The maximum atomic E-state index is 11.7. The highest BCUT2D eigenvalue weighted by atomic mass is 32.1. The highest BCUT2D eigenvalue weighted by Gasteiger charge is 2.04. The highest BCUT2D eigenvalue weighted by molar-refractivity contribution is 7.12. The van der Waals surface area contributed by atoms with Crippen molar-refractivity contribution in [1.29, 1.82) is 0 Å². The van der Waals surface area contributed by atoms with E-state index >= 15 is 0 Å². The van der Waals surface area contributed by atoms with E-state index in [-0.39, 0.29) is 5.91 Å². The van der Waals surface area contributed by atoms with Crippen molar-refractivity contribution in [3.63, 3.8) is 0 Å². The lowest BCUT2D eigenvalue weighted by Gasteiger charge is -2.13. The van der Waals surface area contributed by atoms with E-state index in [1.165, 1.54) is 11.3 Å². The Labute approximate surface area is 124 Å². The van der Waals surface area contributed by atoms with Crippen LogP contribution in [-0.2, 0) is 0 Å². The second kappa shape index (κ2) is 9.36. The number of aliphatic imine (C=N–C) groups is 1. The van der Waals surface area contributed by atoms with Crippen molar-refractivity contribution in [3.05, 3.63) is 22.4 Å². The molecule has 0 atom stereocenters. The number of carbonyl (C=O) groups excluding carboxylic acids is 1. The van der Waals surface area contributed by atoms with E-state index < -0.39 is 0 Å². The molecule has 0 spiro atoms. The summed E-state index contributed by atoms with van der Waals surface area (Å²) in [5, 5.41) is 11.3. The first-order valence-corrected chi connectivity index (χ1v) is 7.77. The molecular formula is C14H24N4OS. The van der Waals surface area contributed by atoms with Crippen LogP contribution in [0, 0.1) is 5.92 Å². The van der Waals surface area contributed by atoms with E-state index in [9.17, 15) is 4.79 Å². The number of hydrogen-bond acceptors (Lipinski definition) is 3. The third-order valence-electron chi connectivity index (χ3n) is 2.58. The molecule has 0 aliphatic heterocycles. The fraction of sp³-hybridized carbons (Fsp3) is 0.571. The first-order chi connectivity index (χ1) is 9.63. The Morgan fingerprint density at radius 1 is 1.30 bits per heavy atom. The SMILES string of the molecule is CN=C(NCCCNC(=O)c1cccs1)NCC(C)C. The lowest BCUT2D eigenvalue weighted by molar-refractivity contribution is 0.0957. The van der Waals surface area contributed by atoms with Gasteiger partial charge in [0.05, 0.1) is 4.88 Å². The Kier molecular flexibility index (Phi) is 7.72. The average molecular weight is 296 g/mol. The second-order valence-corrected chi connectivity index (χ2v) is 5.81. The van der Waals surface area contributed by atoms with E-state index in [0.717, 1.165) is 30.3 Å². The van der Waals surface area contributed by atoms with Crippen LogP contribution in [0.2, 0.25) is 0 Å². The van der Waals surface area contributed by atoms with Crippen molar-refractivity contribution in [3.8, 4) is 0 Å². The molecule has 3 N–H and O–H groups in total. The van der Waals surface area contributed by atoms with Crippen molar-refractivity contribution in [2.75, 3.05) is 26.7 Å². The second-order valence-electron chi connectivity index (χ2n) is 4.86. The number of rotatable bonds is 7. The Hall–Kier alpha value is -1.56. The van der Waals surface area contributed by atoms with Gasteiger partial charge in [-0.15, -0.1) is 11.3 Å². The molecule has 1 rings (SSSR count). The highest BCUT2D eigenvalue weighted by Crippen LogP contribution is 2.07. The summed E-state index contributed by atoms with van der Waals surface area (Å²) in [7, 11) is 1.76. The van der Waals surface area contributed by atoms with Gasteiger partial charge in [0, 0.05) is 26.7 Å². The molecule has 0 aromatic carbocycles. The summed E-state index contributed by atoms with van der Waals surface area (Å²) >= 11 is 1.46. The zero-order chi connectivity index (χ0) is 14.8. The minimum absolute atomic E-state index is 0.00214. The van der Waals surface area contributed by atoms with Crippen molar-refractivity contribution in [1.82, 2.24) is 16.0 Å². The number of thiophene rings is 1. The van der Waals surface area contributed by atoms with Gasteiger partial charge in [0.25, 0.3) is 5.91 Å². The van der Waals surface area contributed by atoms with Crippen LogP contribution in [0.15, 0.2) is 22.5 Å². The smallest absolute Gasteiger partial charge is 0.261 e. The topological polar surface area (TPSA) is 65.5 Å². The largest absolute Gasteiger partial charge is 0.356 e. The number of carbonyl (C=O) groups is 1. The fourth-order valence-corrected chi connectivity index (χ4v) is 2.15. The summed E-state index contributed by atoms with van der Waals surface area (Å²) < 4.78 is 0. The monoisotopic (exact) mass is 296 g/mol. The summed E-state index contributed by atoms with van der Waals surface area (Å²) in [6.07, 6.45) is 0.861. The molecule has 0 aliphatic carbocycles. The lowest BCUT2D eigenvalue weighted by atomic mass is 10.2. The predicted octanol–water partition coefficient (Wildman–Crippen LogP) is 1.69. The van der Waals surface area contributed by atoms with Crippen LogP contribution in [0.4, 0.5) is 0 Å². The lowest BCUT2D eigenvalue weighted by Crippen LogP contribution is -2.40. The summed E-state index contributed by atoms with van der Waals surface area (Å²) in [5.41, 5.74) is 0. The molecule has 0 bridgehead atoms. The summed E-state index contributed by atoms with van der Waals surface area (Å²) in [4.78, 5) is 16.6. The summed E-state index contributed by atoms with van der Waals surface area (Å²) in [5.74, 6) is 1.39. The number of nitrogens with zero attached hydrogens (tertiary/aromatic N) is 1. The molecule has 20 heavy (non-hydrogen) atoms. The molecule has 0 fully saturated rings. The molecule has 6 heteroatoms. The zero-order valence-electron chi connectivity index (χ0n) is 12.4. The Balaban J connectivity index is 2.10. The molecule has 0 aliphatic rings. The fourth-order valence-electron chi connectivity index (χ4n) is 1.51. The van der Waals surface area contributed by atoms with Crippen LogP contribution in [0.5, 0.6) is 0 Å². The molecule has 0 unspecified atom stereocenters. The van der Waals surface area contributed by atoms with Gasteiger partial charge in [-0.2, -0.15) is 0 Å². The van der Waals surface area contributed by atoms with Crippen molar-refractivity contribution < 1.29 is 4.79 Å². The van der Waals surface area contributed by atoms with Gasteiger partial charge in [0.2, 0.25) is 0 Å². The van der Waals surface area contributed by atoms with Gasteiger partial charge in [-0.05, 0) is 23.8 Å². The Morgan fingerprint density at radius 2 is 2.05 bits per heavy atom. The van der Waals surface area contributed by atoms with Crippen LogP contribution in [0.25, 0.3) is 0 Å². The van der Waals surface area contributed by atoms with Crippen LogP contribution in [-0.4, -0.2) is 38.5 Å². The third kappa shape index (κ3) is 6.56. The molecular weight excluding hydrogens is 272 g/mol. The van der Waals surface area contributed by atoms with E-state index in [2.05, 4.69) is 34.8 Å². The van der Waals surface area contributed by atoms with Crippen LogP contribution in [0.3, 0.4) is 0 Å². The number of nitrogens with one attached hydrogen (secondary N) is 3. The maximum absolute atomic E-state index is 11.7. The number of guanidine groups is 1. The molecule has 5 nitrogen and oxygen atoms in total. The molecule has 0 saturated heterocycles. The van der Waals surface area contributed by atoms with E-state index in [1.54, 1.807) is 7.05 Å². The summed E-state index contributed by atoms with van der Waals surface area (Å²) in [6, 6.07) is 3.71. The zero-order valence-corrected chi connectivity index (χ0v) is 13.2. The standard InChI is InChI=1S/C14H24N4OS/c1-11(2)10-18-14(15-3)17-8-5-7-16-13(19)12-6-4-9-20-12/h4,6,9,11H,5,7-8,10H2,1-3H3,(H,16,19)(H2,15,17,18).